The minimum atomic E-state index is -0.435. The molecule has 0 fully saturated rings. The number of benzene rings is 1. The molecule has 0 N–H and O–H groups in total. The van der Waals surface area contributed by atoms with Crippen molar-refractivity contribution in [3.63, 3.8) is 0 Å². The number of carbonyl (C=O) groups excluding carboxylic acids is 1. The maximum Gasteiger partial charge on any atom is 0.271 e. The van der Waals surface area contributed by atoms with Crippen molar-refractivity contribution < 1.29 is 9.72 Å². The third kappa shape index (κ3) is 2.50. The van der Waals surface area contributed by atoms with E-state index < -0.39 is 4.92 Å². The van der Waals surface area contributed by atoms with E-state index in [1.54, 1.807) is 17.9 Å². The van der Waals surface area contributed by atoms with Crippen LogP contribution in [0.15, 0.2) is 29.8 Å². The number of anilines is 1. The molecule has 1 heterocycles. The lowest BCUT2D eigenvalue weighted by Gasteiger charge is -2.17. The zero-order valence-electron chi connectivity index (χ0n) is 11.0. The van der Waals surface area contributed by atoms with Crippen LogP contribution in [-0.4, -0.2) is 17.4 Å². The molecule has 0 spiro atoms. The van der Waals surface area contributed by atoms with Crippen LogP contribution in [0.2, 0.25) is 0 Å². The summed E-state index contributed by atoms with van der Waals surface area (Å²) in [6.07, 6.45) is 3.42. The molecule has 0 bridgehead atoms. The number of carbonyl (C=O) groups is 1. The van der Waals surface area contributed by atoms with Crippen LogP contribution in [0.4, 0.5) is 11.4 Å². The number of hydrogen-bond donors (Lipinski definition) is 0. The predicted molar refractivity (Wildman–Crippen MR) is 73.2 cm³/mol. The van der Waals surface area contributed by atoms with Gasteiger partial charge in [0, 0.05) is 24.3 Å². The number of nitrogens with zero attached hydrogens (tertiary/aromatic N) is 2. The van der Waals surface area contributed by atoms with Crippen molar-refractivity contribution in [2.45, 2.75) is 26.7 Å². The van der Waals surface area contributed by atoms with Gasteiger partial charge in [0.1, 0.15) is 0 Å². The molecule has 0 saturated carbocycles. The first-order valence-corrected chi connectivity index (χ1v) is 6.30. The summed E-state index contributed by atoms with van der Waals surface area (Å²) >= 11 is 0. The number of hydrogen-bond acceptors (Lipinski definition) is 3. The molecule has 1 aliphatic rings. The van der Waals surface area contributed by atoms with Gasteiger partial charge in [-0.1, -0.05) is 19.1 Å². The summed E-state index contributed by atoms with van der Waals surface area (Å²) in [7, 11) is 0. The first kappa shape index (κ1) is 13.3. The van der Waals surface area contributed by atoms with Crippen molar-refractivity contribution in [1.82, 2.24) is 0 Å². The number of fused-ring (bicyclic) bond motifs is 1. The second-order valence-electron chi connectivity index (χ2n) is 4.57. The molecule has 0 saturated heterocycles. The summed E-state index contributed by atoms with van der Waals surface area (Å²) in [5, 5.41) is 10.8. The Balaban J connectivity index is 2.35. The highest BCUT2D eigenvalue weighted by molar-refractivity contribution is 6.06. The number of rotatable bonds is 3. The van der Waals surface area contributed by atoms with E-state index in [2.05, 4.69) is 0 Å². The second-order valence-corrected chi connectivity index (χ2v) is 4.57. The van der Waals surface area contributed by atoms with E-state index in [0.717, 1.165) is 18.4 Å². The smallest absolute Gasteiger partial charge is 0.271 e. The summed E-state index contributed by atoms with van der Waals surface area (Å²) in [6.45, 7) is 4.34. The van der Waals surface area contributed by atoms with Gasteiger partial charge < -0.3 is 4.90 Å². The van der Waals surface area contributed by atoms with E-state index in [1.165, 1.54) is 12.1 Å². The molecule has 1 aromatic rings. The highest BCUT2D eigenvalue weighted by Gasteiger charge is 2.27. The van der Waals surface area contributed by atoms with Gasteiger partial charge in [0.25, 0.3) is 11.6 Å². The van der Waals surface area contributed by atoms with Crippen LogP contribution >= 0.6 is 0 Å². The van der Waals surface area contributed by atoms with Crippen LogP contribution in [0, 0.1) is 10.1 Å². The summed E-state index contributed by atoms with van der Waals surface area (Å²) in [5.41, 5.74) is 2.36. The molecule has 5 heteroatoms. The van der Waals surface area contributed by atoms with Gasteiger partial charge in [0.05, 0.1) is 10.6 Å². The standard InChI is InChI=1S/C14H16N2O3/c1-3-4-10(2)14(17)15-8-7-11-5-6-12(16(18)19)9-13(11)15/h4-6,9H,3,7-8H2,1-2H3/b10-4-. The molecule has 1 aromatic carbocycles. The Morgan fingerprint density at radius 2 is 2.26 bits per heavy atom. The number of nitro benzene ring substituents is 1. The summed E-state index contributed by atoms with van der Waals surface area (Å²) in [4.78, 5) is 24.3. The van der Waals surface area contributed by atoms with Crippen molar-refractivity contribution in [1.29, 1.82) is 0 Å². The average molecular weight is 260 g/mol. The molecule has 2 rings (SSSR count). The van der Waals surface area contributed by atoms with Crippen LogP contribution in [0.5, 0.6) is 0 Å². The van der Waals surface area contributed by atoms with Gasteiger partial charge in [-0.25, -0.2) is 0 Å². The SMILES string of the molecule is CC/C=C(/C)C(=O)N1CCc2ccc([N+](=O)[O-])cc21. The van der Waals surface area contributed by atoms with Crippen LogP contribution in [-0.2, 0) is 11.2 Å². The minimum absolute atomic E-state index is 0.0237. The molecule has 19 heavy (non-hydrogen) atoms. The van der Waals surface area contributed by atoms with E-state index in [4.69, 9.17) is 0 Å². The molecule has 1 aliphatic heterocycles. The molecule has 100 valence electrons. The lowest BCUT2D eigenvalue weighted by Crippen LogP contribution is -2.29. The van der Waals surface area contributed by atoms with Crippen molar-refractivity contribution >= 4 is 17.3 Å². The fourth-order valence-corrected chi connectivity index (χ4v) is 2.30. The first-order valence-electron chi connectivity index (χ1n) is 6.30. The second kappa shape index (κ2) is 5.22. The Bertz CT molecular complexity index is 564. The average Bonchev–Trinajstić information content (AvgIpc) is 2.80. The molecule has 1 amide bonds. The van der Waals surface area contributed by atoms with E-state index in [0.29, 0.717) is 17.8 Å². The van der Waals surface area contributed by atoms with Crippen LogP contribution in [0.3, 0.4) is 0 Å². The summed E-state index contributed by atoms with van der Waals surface area (Å²) in [5.74, 6) is -0.0684. The molecule has 0 aliphatic carbocycles. The van der Waals surface area contributed by atoms with Gasteiger partial charge in [0.15, 0.2) is 0 Å². The fourth-order valence-electron chi connectivity index (χ4n) is 2.30. The Kier molecular flexibility index (Phi) is 3.64. The Morgan fingerprint density at radius 3 is 2.89 bits per heavy atom. The van der Waals surface area contributed by atoms with Gasteiger partial charge in [0.2, 0.25) is 0 Å². The number of allylic oxidation sites excluding steroid dienone is 1. The van der Waals surface area contributed by atoms with Gasteiger partial charge in [-0.3, -0.25) is 14.9 Å². The Hall–Kier alpha value is -2.17. The van der Waals surface area contributed by atoms with Crippen molar-refractivity contribution in [2.75, 3.05) is 11.4 Å². The summed E-state index contributed by atoms with van der Waals surface area (Å²) in [6, 6.07) is 4.71. The van der Waals surface area contributed by atoms with Gasteiger partial charge in [-0.05, 0) is 25.3 Å². The van der Waals surface area contributed by atoms with Gasteiger partial charge in [-0.2, -0.15) is 0 Å². The number of amides is 1. The normalized spacial score (nSPS) is 14.4. The van der Waals surface area contributed by atoms with Gasteiger partial charge in [-0.15, -0.1) is 0 Å². The van der Waals surface area contributed by atoms with E-state index >= 15 is 0 Å². The molecule has 0 aromatic heterocycles. The maximum absolute atomic E-state index is 12.3. The van der Waals surface area contributed by atoms with Gasteiger partial charge >= 0.3 is 0 Å². The van der Waals surface area contributed by atoms with Crippen molar-refractivity contribution in [3.8, 4) is 0 Å². The number of nitro groups is 1. The van der Waals surface area contributed by atoms with E-state index in [-0.39, 0.29) is 11.6 Å². The molecule has 0 unspecified atom stereocenters. The molecular weight excluding hydrogens is 244 g/mol. The van der Waals surface area contributed by atoms with E-state index in [9.17, 15) is 14.9 Å². The fraction of sp³-hybridized carbons (Fsp3) is 0.357. The topological polar surface area (TPSA) is 63.5 Å². The highest BCUT2D eigenvalue weighted by Crippen LogP contribution is 2.32. The maximum atomic E-state index is 12.3. The highest BCUT2D eigenvalue weighted by atomic mass is 16.6. The number of non-ortho nitro benzene ring substituents is 1. The van der Waals surface area contributed by atoms with Crippen LogP contribution < -0.4 is 4.90 Å². The largest absolute Gasteiger partial charge is 0.308 e. The molecule has 0 radical (unpaired) electrons. The lowest BCUT2D eigenvalue weighted by atomic mass is 10.1. The monoisotopic (exact) mass is 260 g/mol. The molecule has 5 nitrogen and oxygen atoms in total. The Labute approximate surface area is 111 Å². The summed E-state index contributed by atoms with van der Waals surface area (Å²) < 4.78 is 0. The third-order valence-electron chi connectivity index (χ3n) is 3.27. The molecular formula is C14H16N2O3. The molecule has 0 atom stereocenters. The zero-order chi connectivity index (χ0) is 14.0. The zero-order valence-corrected chi connectivity index (χ0v) is 11.0. The van der Waals surface area contributed by atoms with Crippen LogP contribution in [0.1, 0.15) is 25.8 Å². The van der Waals surface area contributed by atoms with Crippen molar-refractivity contribution in [3.05, 3.63) is 45.5 Å². The van der Waals surface area contributed by atoms with Crippen LogP contribution in [0.25, 0.3) is 0 Å². The quantitative estimate of drug-likeness (QED) is 0.477. The lowest BCUT2D eigenvalue weighted by molar-refractivity contribution is -0.384. The third-order valence-corrected chi connectivity index (χ3v) is 3.27. The Morgan fingerprint density at radius 1 is 1.53 bits per heavy atom. The van der Waals surface area contributed by atoms with E-state index in [1.807, 2.05) is 13.0 Å². The first-order chi connectivity index (χ1) is 9.04. The minimum Gasteiger partial charge on any atom is -0.308 e. The predicted octanol–water partition coefficient (Wildman–Crippen LogP) is 2.84. The van der Waals surface area contributed by atoms with Crippen molar-refractivity contribution in [2.24, 2.45) is 0 Å².